The van der Waals surface area contributed by atoms with E-state index in [9.17, 15) is 14.4 Å². The molecule has 0 spiro atoms. The van der Waals surface area contributed by atoms with Crippen molar-refractivity contribution in [3.8, 4) is 0 Å². The summed E-state index contributed by atoms with van der Waals surface area (Å²) >= 11 is 0. The lowest BCUT2D eigenvalue weighted by Gasteiger charge is -2.08. The van der Waals surface area contributed by atoms with Crippen molar-refractivity contribution in [3.05, 3.63) is 29.8 Å². The normalized spacial score (nSPS) is 9.73. The highest BCUT2D eigenvalue weighted by Crippen LogP contribution is 2.11. The smallest absolute Gasteiger partial charge is 0.411 e. The largest absolute Gasteiger partial charge is 0.450 e. The fraction of sp³-hybridized carbons (Fsp3) is 0.400. The molecule has 22 heavy (non-hydrogen) atoms. The number of nitrogens with one attached hydrogen (secondary N) is 3. The van der Waals surface area contributed by atoms with Crippen LogP contribution in [0.5, 0.6) is 0 Å². The molecule has 7 nitrogen and oxygen atoms in total. The molecule has 0 saturated carbocycles. The predicted molar refractivity (Wildman–Crippen MR) is 82.7 cm³/mol. The fourth-order valence-electron chi connectivity index (χ4n) is 1.61. The van der Waals surface area contributed by atoms with Crippen LogP contribution in [0.15, 0.2) is 24.3 Å². The lowest BCUT2D eigenvalue weighted by atomic mass is 10.2. The van der Waals surface area contributed by atoms with Gasteiger partial charge in [-0.3, -0.25) is 14.9 Å². The third-order valence-corrected chi connectivity index (χ3v) is 2.63. The molecule has 1 aromatic carbocycles. The van der Waals surface area contributed by atoms with E-state index in [1.165, 1.54) is 6.07 Å². The van der Waals surface area contributed by atoms with E-state index >= 15 is 0 Å². The van der Waals surface area contributed by atoms with Crippen molar-refractivity contribution in [1.82, 2.24) is 10.6 Å². The van der Waals surface area contributed by atoms with Gasteiger partial charge in [0.2, 0.25) is 5.91 Å². The third kappa shape index (κ3) is 6.25. The highest BCUT2D eigenvalue weighted by atomic mass is 16.5. The van der Waals surface area contributed by atoms with E-state index < -0.39 is 6.09 Å². The van der Waals surface area contributed by atoms with Gasteiger partial charge < -0.3 is 15.4 Å². The summed E-state index contributed by atoms with van der Waals surface area (Å²) in [4.78, 5) is 34.7. The highest BCUT2D eigenvalue weighted by molar-refractivity contribution is 5.98. The Morgan fingerprint density at radius 1 is 1.14 bits per heavy atom. The SMILES string of the molecule is CCCNC(=O)CNC(=O)c1cccc(NC(=O)OCC)c1. The van der Waals surface area contributed by atoms with Crippen molar-refractivity contribution in [3.63, 3.8) is 0 Å². The molecule has 0 unspecified atom stereocenters. The molecule has 0 bridgehead atoms. The van der Waals surface area contributed by atoms with Gasteiger partial charge in [-0.05, 0) is 31.5 Å². The minimum atomic E-state index is -0.584. The van der Waals surface area contributed by atoms with Gasteiger partial charge in [-0.15, -0.1) is 0 Å². The zero-order chi connectivity index (χ0) is 16.4. The molecule has 0 fully saturated rings. The molecule has 0 saturated heterocycles. The van der Waals surface area contributed by atoms with E-state index in [-0.39, 0.29) is 25.0 Å². The van der Waals surface area contributed by atoms with Gasteiger partial charge in [0, 0.05) is 17.8 Å². The van der Waals surface area contributed by atoms with Crippen LogP contribution in [0.25, 0.3) is 0 Å². The molecule has 3 amide bonds. The summed E-state index contributed by atoms with van der Waals surface area (Å²) in [7, 11) is 0. The van der Waals surface area contributed by atoms with Crippen molar-refractivity contribution in [2.45, 2.75) is 20.3 Å². The van der Waals surface area contributed by atoms with E-state index in [2.05, 4.69) is 16.0 Å². The minimum Gasteiger partial charge on any atom is -0.450 e. The number of hydrogen-bond acceptors (Lipinski definition) is 4. The number of hydrogen-bond donors (Lipinski definition) is 3. The van der Waals surface area contributed by atoms with Gasteiger partial charge >= 0.3 is 6.09 Å². The van der Waals surface area contributed by atoms with Gasteiger partial charge in [-0.25, -0.2) is 4.79 Å². The molecule has 0 aromatic heterocycles. The first-order valence-electron chi connectivity index (χ1n) is 7.15. The second-order valence-corrected chi connectivity index (χ2v) is 4.46. The Morgan fingerprint density at radius 3 is 2.59 bits per heavy atom. The summed E-state index contributed by atoms with van der Waals surface area (Å²) in [5.41, 5.74) is 0.791. The number of anilines is 1. The summed E-state index contributed by atoms with van der Waals surface area (Å²) in [6.07, 6.45) is 0.250. The first kappa shape index (κ1) is 17.5. The van der Waals surface area contributed by atoms with Crippen molar-refractivity contribution in [2.24, 2.45) is 0 Å². The van der Waals surface area contributed by atoms with Gasteiger partial charge in [-0.2, -0.15) is 0 Å². The number of carbonyl (C=O) groups excluding carboxylic acids is 3. The second kappa shape index (κ2) is 9.38. The van der Waals surface area contributed by atoms with Crippen LogP contribution >= 0.6 is 0 Å². The van der Waals surface area contributed by atoms with Crippen LogP contribution < -0.4 is 16.0 Å². The van der Waals surface area contributed by atoms with Crippen LogP contribution in [0.2, 0.25) is 0 Å². The molecule has 1 rings (SSSR count). The number of rotatable bonds is 7. The van der Waals surface area contributed by atoms with Gasteiger partial charge in [0.15, 0.2) is 0 Å². The topological polar surface area (TPSA) is 96.5 Å². The summed E-state index contributed by atoms with van der Waals surface area (Å²) < 4.78 is 4.76. The molecule has 1 aromatic rings. The standard InChI is InChI=1S/C15H21N3O4/c1-3-8-16-13(19)10-17-14(20)11-6-5-7-12(9-11)18-15(21)22-4-2/h5-7,9H,3-4,8,10H2,1-2H3,(H,16,19)(H,17,20)(H,18,21). The molecular formula is C15H21N3O4. The fourth-order valence-corrected chi connectivity index (χ4v) is 1.61. The Balaban J connectivity index is 2.55. The van der Waals surface area contributed by atoms with E-state index in [0.717, 1.165) is 6.42 Å². The van der Waals surface area contributed by atoms with E-state index in [1.807, 2.05) is 6.92 Å². The Labute approximate surface area is 129 Å². The van der Waals surface area contributed by atoms with Crippen molar-refractivity contribution >= 4 is 23.6 Å². The van der Waals surface area contributed by atoms with Crippen LogP contribution in [0.3, 0.4) is 0 Å². The number of ether oxygens (including phenoxy) is 1. The van der Waals surface area contributed by atoms with E-state index in [4.69, 9.17) is 4.74 Å². The zero-order valence-corrected chi connectivity index (χ0v) is 12.8. The first-order chi connectivity index (χ1) is 10.6. The summed E-state index contributed by atoms with van der Waals surface area (Å²) in [6, 6.07) is 6.38. The van der Waals surface area contributed by atoms with Crippen molar-refractivity contribution < 1.29 is 19.1 Å². The molecular weight excluding hydrogens is 286 g/mol. The van der Waals surface area contributed by atoms with Crippen molar-refractivity contribution in [2.75, 3.05) is 25.0 Å². The third-order valence-electron chi connectivity index (χ3n) is 2.63. The molecule has 120 valence electrons. The molecule has 0 radical (unpaired) electrons. The van der Waals surface area contributed by atoms with Crippen molar-refractivity contribution in [1.29, 1.82) is 0 Å². The summed E-state index contributed by atoms with van der Waals surface area (Å²) in [6.45, 7) is 4.40. The van der Waals surface area contributed by atoms with E-state index in [0.29, 0.717) is 17.8 Å². The number of amides is 3. The van der Waals surface area contributed by atoms with Crippen LogP contribution in [-0.2, 0) is 9.53 Å². The predicted octanol–water partition coefficient (Wildman–Crippen LogP) is 1.51. The molecule has 0 aliphatic rings. The van der Waals surface area contributed by atoms with Crippen LogP contribution in [0.1, 0.15) is 30.6 Å². The van der Waals surface area contributed by atoms with Gasteiger partial charge in [0.25, 0.3) is 5.91 Å². The quantitative estimate of drug-likeness (QED) is 0.711. The minimum absolute atomic E-state index is 0.0889. The number of benzene rings is 1. The molecule has 0 aliphatic heterocycles. The molecule has 0 heterocycles. The van der Waals surface area contributed by atoms with Crippen LogP contribution in [0.4, 0.5) is 10.5 Å². The molecule has 0 atom stereocenters. The summed E-state index contributed by atoms with van der Waals surface area (Å²) in [5.74, 6) is -0.629. The van der Waals surface area contributed by atoms with Gasteiger partial charge in [-0.1, -0.05) is 13.0 Å². The van der Waals surface area contributed by atoms with Crippen LogP contribution in [-0.4, -0.2) is 37.6 Å². The first-order valence-corrected chi connectivity index (χ1v) is 7.15. The average molecular weight is 307 g/mol. The molecule has 3 N–H and O–H groups in total. The second-order valence-electron chi connectivity index (χ2n) is 4.46. The monoisotopic (exact) mass is 307 g/mol. The lowest BCUT2D eigenvalue weighted by molar-refractivity contribution is -0.120. The zero-order valence-electron chi connectivity index (χ0n) is 12.8. The Kier molecular flexibility index (Phi) is 7.45. The maximum absolute atomic E-state index is 12.0. The Hall–Kier alpha value is -2.57. The van der Waals surface area contributed by atoms with E-state index in [1.54, 1.807) is 25.1 Å². The summed E-state index contributed by atoms with van der Waals surface area (Å²) in [5, 5.41) is 7.69. The average Bonchev–Trinajstić information content (AvgIpc) is 2.51. The van der Waals surface area contributed by atoms with Gasteiger partial charge in [0.05, 0.1) is 13.2 Å². The Bertz CT molecular complexity index is 531. The maximum atomic E-state index is 12.0. The maximum Gasteiger partial charge on any atom is 0.411 e. The van der Waals surface area contributed by atoms with Crippen LogP contribution in [0, 0.1) is 0 Å². The Morgan fingerprint density at radius 2 is 1.91 bits per heavy atom. The number of carbonyl (C=O) groups is 3. The molecule has 0 aliphatic carbocycles. The molecule has 7 heteroatoms. The lowest BCUT2D eigenvalue weighted by Crippen LogP contribution is -2.37. The van der Waals surface area contributed by atoms with Gasteiger partial charge in [0.1, 0.15) is 0 Å². The highest BCUT2D eigenvalue weighted by Gasteiger charge is 2.09.